The Balaban J connectivity index is 2.26. The van der Waals surface area contributed by atoms with Gasteiger partial charge >= 0.3 is 0 Å². The molecule has 0 aliphatic rings. The van der Waals surface area contributed by atoms with Crippen LogP contribution in [-0.4, -0.2) is 6.54 Å². The van der Waals surface area contributed by atoms with E-state index in [-0.39, 0.29) is 5.41 Å². The lowest BCUT2D eigenvalue weighted by molar-refractivity contribution is 0.443. The highest BCUT2D eigenvalue weighted by Crippen LogP contribution is 2.26. The van der Waals surface area contributed by atoms with Crippen molar-refractivity contribution in [2.24, 2.45) is 5.41 Å². The summed E-state index contributed by atoms with van der Waals surface area (Å²) in [6, 6.07) is 5.85. The van der Waals surface area contributed by atoms with E-state index in [4.69, 9.17) is 0 Å². The lowest BCUT2D eigenvalue weighted by Crippen LogP contribution is -2.38. The van der Waals surface area contributed by atoms with Gasteiger partial charge in [-0.25, -0.2) is 0 Å². The molecule has 112 valence electrons. The zero-order valence-corrected chi connectivity index (χ0v) is 13.3. The van der Waals surface area contributed by atoms with Gasteiger partial charge in [-0.1, -0.05) is 32.9 Å². The van der Waals surface area contributed by atoms with Crippen molar-refractivity contribution < 1.29 is 0 Å². The smallest absolute Gasteiger partial charge is 0.253 e. The van der Waals surface area contributed by atoms with Crippen LogP contribution in [0.4, 0.5) is 17.1 Å². The molecule has 0 aromatic heterocycles. The molecule has 0 unspecified atom stereocenters. The Morgan fingerprint density at radius 1 is 1.00 bits per heavy atom. The van der Waals surface area contributed by atoms with Gasteiger partial charge in [-0.3, -0.25) is 9.59 Å². The zero-order valence-electron chi connectivity index (χ0n) is 13.3. The molecule has 0 fully saturated rings. The molecule has 2 N–H and O–H groups in total. The second kappa shape index (κ2) is 5.35. The molecule has 0 amide bonds. The molecule has 0 heterocycles. The van der Waals surface area contributed by atoms with Crippen LogP contribution in [0, 0.1) is 19.3 Å². The van der Waals surface area contributed by atoms with Gasteiger partial charge in [0.15, 0.2) is 0 Å². The number of hydrogen-bond acceptors (Lipinski definition) is 4. The fraction of sp³-hybridized carbons (Fsp3) is 0.412. The van der Waals surface area contributed by atoms with Crippen molar-refractivity contribution in [1.29, 1.82) is 0 Å². The molecule has 0 aliphatic carbocycles. The molecule has 21 heavy (non-hydrogen) atoms. The number of anilines is 3. The van der Waals surface area contributed by atoms with Crippen molar-refractivity contribution in [2.45, 2.75) is 34.6 Å². The molecule has 0 bridgehead atoms. The van der Waals surface area contributed by atoms with E-state index in [0.29, 0.717) is 17.9 Å². The van der Waals surface area contributed by atoms with Crippen molar-refractivity contribution in [3.05, 3.63) is 49.8 Å². The summed E-state index contributed by atoms with van der Waals surface area (Å²) in [5.74, 6) is 0. The predicted molar refractivity (Wildman–Crippen MR) is 88.5 cm³/mol. The highest BCUT2D eigenvalue weighted by atomic mass is 16.2. The molecule has 4 nitrogen and oxygen atoms in total. The maximum Gasteiger partial charge on any atom is 0.253 e. The quantitative estimate of drug-likeness (QED) is 0.848. The largest absolute Gasteiger partial charge is 0.379 e. The van der Waals surface area contributed by atoms with Crippen molar-refractivity contribution in [3.63, 3.8) is 0 Å². The van der Waals surface area contributed by atoms with E-state index in [0.717, 1.165) is 16.8 Å². The molecule has 2 rings (SSSR count). The Morgan fingerprint density at radius 3 is 2.24 bits per heavy atom. The SMILES string of the molecule is Cc1cccc(Nc2c(NCC(C)(C)C)c(=O)c2=O)c1C. The van der Waals surface area contributed by atoms with Gasteiger partial charge in [0.2, 0.25) is 0 Å². The first kappa shape index (κ1) is 15.3. The molecule has 0 aliphatic heterocycles. The summed E-state index contributed by atoms with van der Waals surface area (Å²) in [4.78, 5) is 23.5. The van der Waals surface area contributed by atoms with Crippen molar-refractivity contribution >= 4 is 17.1 Å². The average molecular weight is 286 g/mol. The standard InChI is InChI=1S/C17H22N2O2/c1-10-7-6-8-12(11(10)2)19-14-13(15(20)16(14)21)18-9-17(3,4)5/h6-8,18-19H,9H2,1-5H3. The molecule has 2 aromatic carbocycles. The van der Waals surface area contributed by atoms with Crippen LogP contribution >= 0.6 is 0 Å². The third-order valence-electron chi connectivity index (χ3n) is 3.57. The second-order valence-corrected chi connectivity index (χ2v) is 6.69. The van der Waals surface area contributed by atoms with E-state index in [1.807, 2.05) is 32.0 Å². The highest BCUT2D eigenvalue weighted by Gasteiger charge is 2.23. The van der Waals surface area contributed by atoms with Gasteiger partial charge in [-0.05, 0) is 36.5 Å². The number of benzene rings is 1. The minimum Gasteiger partial charge on any atom is -0.379 e. The van der Waals surface area contributed by atoms with Gasteiger partial charge in [-0.15, -0.1) is 0 Å². The van der Waals surface area contributed by atoms with Crippen LogP contribution in [0.5, 0.6) is 0 Å². The number of hydrogen-bond donors (Lipinski definition) is 2. The van der Waals surface area contributed by atoms with Gasteiger partial charge in [0.25, 0.3) is 10.9 Å². The first-order valence-electron chi connectivity index (χ1n) is 7.11. The summed E-state index contributed by atoms with van der Waals surface area (Å²) in [5.41, 5.74) is 3.00. The lowest BCUT2D eigenvalue weighted by Gasteiger charge is -2.22. The van der Waals surface area contributed by atoms with E-state index in [9.17, 15) is 9.59 Å². The van der Waals surface area contributed by atoms with Crippen molar-refractivity contribution in [2.75, 3.05) is 17.2 Å². The van der Waals surface area contributed by atoms with Crippen molar-refractivity contribution in [3.8, 4) is 0 Å². The maximum atomic E-state index is 11.8. The fourth-order valence-corrected chi connectivity index (χ4v) is 2.05. The van der Waals surface area contributed by atoms with Gasteiger partial charge in [-0.2, -0.15) is 0 Å². The van der Waals surface area contributed by atoms with Gasteiger partial charge in [0.05, 0.1) is 0 Å². The van der Waals surface area contributed by atoms with E-state index in [1.54, 1.807) is 0 Å². The van der Waals surface area contributed by atoms with Crippen LogP contribution in [-0.2, 0) is 0 Å². The Hall–Kier alpha value is -2.10. The van der Waals surface area contributed by atoms with E-state index >= 15 is 0 Å². The Morgan fingerprint density at radius 2 is 1.62 bits per heavy atom. The molecular weight excluding hydrogens is 264 g/mol. The van der Waals surface area contributed by atoms with Crippen molar-refractivity contribution in [1.82, 2.24) is 0 Å². The monoisotopic (exact) mass is 286 g/mol. The first-order chi connectivity index (χ1) is 9.70. The van der Waals surface area contributed by atoms with Crippen LogP contribution in [0.1, 0.15) is 31.9 Å². The number of aryl methyl sites for hydroxylation is 1. The molecular formula is C17H22N2O2. The zero-order chi connectivity index (χ0) is 15.8. The van der Waals surface area contributed by atoms with Gasteiger partial charge < -0.3 is 10.6 Å². The van der Waals surface area contributed by atoms with Crippen LogP contribution < -0.4 is 21.5 Å². The summed E-state index contributed by atoms with van der Waals surface area (Å²) < 4.78 is 0. The maximum absolute atomic E-state index is 11.8. The van der Waals surface area contributed by atoms with Crippen LogP contribution in [0.25, 0.3) is 0 Å². The Kier molecular flexibility index (Phi) is 3.90. The Labute approximate surface area is 124 Å². The predicted octanol–water partition coefficient (Wildman–Crippen LogP) is 3.10. The molecule has 4 heteroatoms. The fourth-order valence-electron chi connectivity index (χ4n) is 2.05. The van der Waals surface area contributed by atoms with Crippen LogP contribution in [0.2, 0.25) is 0 Å². The molecule has 0 atom stereocenters. The topological polar surface area (TPSA) is 58.2 Å². The summed E-state index contributed by atoms with van der Waals surface area (Å²) in [7, 11) is 0. The average Bonchev–Trinajstić information content (AvgIpc) is 2.40. The number of nitrogens with one attached hydrogen (secondary N) is 2. The van der Waals surface area contributed by atoms with Gasteiger partial charge in [0, 0.05) is 12.2 Å². The van der Waals surface area contributed by atoms with Crippen LogP contribution in [0.15, 0.2) is 27.8 Å². The molecule has 0 spiro atoms. The molecule has 2 aromatic rings. The molecule has 0 radical (unpaired) electrons. The normalized spacial score (nSPS) is 11.7. The van der Waals surface area contributed by atoms with Crippen LogP contribution in [0.3, 0.4) is 0 Å². The highest BCUT2D eigenvalue weighted by molar-refractivity contribution is 5.79. The summed E-state index contributed by atoms with van der Waals surface area (Å²) in [6.45, 7) is 10.9. The summed E-state index contributed by atoms with van der Waals surface area (Å²) in [6.07, 6.45) is 0. The minimum absolute atomic E-state index is 0.0380. The minimum atomic E-state index is -0.452. The third kappa shape index (κ3) is 3.15. The van der Waals surface area contributed by atoms with E-state index < -0.39 is 10.9 Å². The third-order valence-corrected chi connectivity index (χ3v) is 3.57. The first-order valence-corrected chi connectivity index (χ1v) is 7.11. The molecule has 0 saturated carbocycles. The number of rotatable bonds is 4. The summed E-state index contributed by atoms with van der Waals surface area (Å²) in [5, 5.41) is 6.19. The lowest BCUT2D eigenvalue weighted by atomic mass is 9.96. The molecule has 0 saturated heterocycles. The Bertz CT molecular complexity index is 732. The van der Waals surface area contributed by atoms with E-state index in [2.05, 4.69) is 31.4 Å². The van der Waals surface area contributed by atoms with Gasteiger partial charge in [0.1, 0.15) is 11.4 Å². The summed E-state index contributed by atoms with van der Waals surface area (Å²) >= 11 is 0. The second-order valence-electron chi connectivity index (χ2n) is 6.69. The van der Waals surface area contributed by atoms with E-state index in [1.165, 1.54) is 0 Å².